The van der Waals surface area contributed by atoms with E-state index in [-0.39, 0.29) is 0 Å². The number of rotatable bonds is 6. The van der Waals surface area contributed by atoms with E-state index in [4.69, 9.17) is 32.7 Å². The first-order chi connectivity index (χ1) is 9.60. The minimum atomic E-state index is 0.464. The van der Waals surface area contributed by atoms with Gasteiger partial charge in [-0.2, -0.15) is 0 Å². The summed E-state index contributed by atoms with van der Waals surface area (Å²) < 4.78 is 12.3. The number of fused-ring (bicyclic) bond motifs is 1. The lowest BCUT2D eigenvalue weighted by molar-refractivity contribution is -0.372. The maximum Gasteiger partial charge on any atom is 0.183 e. The third kappa shape index (κ3) is 2.97. The largest absolute Gasteiger partial charge is 0.482 e. The summed E-state index contributed by atoms with van der Waals surface area (Å²) in [6, 6.07) is 2.01. The zero-order valence-electron chi connectivity index (χ0n) is 11.3. The normalized spacial score (nSPS) is 11.1. The lowest BCUT2D eigenvalue weighted by Gasteiger charge is -2.15. The minimum Gasteiger partial charge on any atom is -0.482 e. The summed E-state index contributed by atoms with van der Waals surface area (Å²) in [5.41, 5.74) is 7.52. The van der Waals surface area contributed by atoms with Gasteiger partial charge in [-0.1, -0.05) is 23.2 Å². The molecule has 0 spiro atoms. The SMILES string of the molecule is Cc1cc2c(Cl)c(OCC[NH3+])c(OCC[NH3+])c(Cl)c2s1. The van der Waals surface area contributed by atoms with Gasteiger partial charge in [0, 0.05) is 10.3 Å². The summed E-state index contributed by atoms with van der Waals surface area (Å²) in [5, 5.41) is 2.00. The molecule has 0 amide bonds. The second-order valence-corrected chi connectivity index (χ2v) is 6.30. The van der Waals surface area contributed by atoms with E-state index in [1.54, 1.807) is 11.3 Å². The van der Waals surface area contributed by atoms with E-state index in [1.165, 1.54) is 0 Å². The highest BCUT2D eigenvalue weighted by Crippen LogP contribution is 2.49. The molecule has 0 radical (unpaired) electrons. The van der Waals surface area contributed by atoms with Crippen LogP contribution in [0.4, 0.5) is 0 Å². The van der Waals surface area contributed by atoms with Crippen molar-refractivity contribution < 1.29 is 20.9 Å². The van der Waals surface area contributed by atoms with Crippen molar-refractivity contribution >= 4 is 44.6 Å². The number of quaternary nitrogens is 2. The van der Waals surface area contributed by atoms with Crippen molar-refractivity contribution in [3.05, 3.63) is 21.0 Å². The van der Waals surface area contributed by atoms with E-state index in [1.807, 2.05) is 13.0 Å². The van der Waals surface area contributed by atoms with Crippen LogP contribution in [0.25, 0.3) is 10.1 Å². The van der Waals surface area contributed by atoms with Gasteiger partial charge in [0.05, 0.1) is 9.72 Å². The fourth-order valence-corrected chi connectivity index (χ4v) is 3.53. The van der Waals surface area contributed by atoms with Crippen molar-refractivity contribution in [3.63, 3.8) is 0 Å². The molecular formula is C13H18Cl2N2O2S+2. The summed E-state index contributed by atoms with van der Waals surface area (Å²) in [6.45, 7) is 4.23. The first-order valence-electron chi connectivity index (χ1n) is 6.35. The molecule has 7 heteroatoms. The number of hydrogen-bond acceptors (Lipinski definition) is 3. The van der Waals surface area contributed by atoms with Crippen LogP contribution in [0.3, 0.4) is 0 Å². The Kier molecular flexibility index (Phi) is 5.35. The van der Waals surface area contributed by atoms with Gasteiger partial charge in [-0.3, -0.25) is 0 Å². The Morgan fingerprint density at radius 3 is 2.15 bits per heavy atom. The maximum atomic E-state index is 6.46. The average Bonchev–Trinajstić information content (AvgIpc) is 2.82. The molecule has 0 bridgehead atoms. The number of halogens is 2. The molecule has 110 valence electrons. The molecule has 0 aliphatic rings. The molecule has 1 aromatic carbocycles. The van der Waals surface area contributed by atoms with Gasteiger partial charge in [-0.05, 0) is 13.0 Å². The molecule has 0 aliphatic carbocycles. The molecule has 0 saturated heterocycles. The van der Waals surface area contributed by atoms with Crippen LogP contribution < -0.4 is 20.9 Å². The number of hydrogen-bond donors (Lipinski definition) is 2. The topological polar surface area (TPSA) is 73.7 Å². The van der Waals surface area contributed by atoms with Crippen LogP contribution in [0.2, 0.25) is 10.0 Å². The molecule has 0 unspecified atom stereocenters. The van der Waals surface area contributed by atoms with Crippen molar-refractivity contribution in [1.29, 1.82) is 0 Å². The van der Waals surface area contributed by atoms with Crippen LogP contribution in [0, 0.1) is 6.92 Å². The van der Waals surface area contributed by atoms with Gasteiger partial charge >= 0.3 is 0 Å². The fourth-order valence-electron chi connectivity index (χ4n) is 1.87. The highest BCUT2D eigenvalue weighted by atomic mass is 35.5. The second kappa shape index (κ2) is 6.83. The van der Waals surface area contributed by atoms with E-state index < -0.39 is 0 Å². The van der Waals surface area contributed by atoms with E-state index in [0.29, 0.717) is 47.8 Å². The standard InChI is InChI=1S/C13H16Cl2N2O2S/c1-7-6-8-9(14)11(18-4-2-16)12(19-5-3-17)10(15)13(8)20-7/h6H,2-5,16-17H2,1H3/p+2. The summed E-state index contributed by atoms with van der Waals surface area (Å²) in [6.07, 6.45) is 0. The van der Waals surface area contributed by atoms with E-state index in [0.717, 1.165) is 15.0 Å². The van der Waals surface area contributed by atoms with E-state index >= 15 is 0 Å². The van der Waals surface area contributed by atoms with Crippen molar-refractivity contribution in [2.75, 3.05) is 26.3 Å². The van der Waals surface area contributed by atoms with Crippen LogP contribution in [-0.2, 0) is 0 Å². The first-order valence-corrected chi connectivity index (χ1v) is 7.92. The summed E-state index contributed by atoms with van der Waals surface area (Å²) in [4.78, 5) is 1.14. The predicted molar refractivity (Wildman–Crippen MR) is 83.1 cm³/mol. The summed E-state index contributed by atoms with van der Waals surface area (Å²) in [5.74, 6) is 1.00. The third-order valence-electron chi connectivity index (χ3n) is 2.68. The van der Waals surface area contributed by atoms with Crippen LogP contribution >= 0.6 is 34.5 Å². The lowest BCUT2D eigenvalue weighted by Crippen LogP contribution is -2.53. The number of benzene rings is 1. The highest BCUT2D eigenvalue weighted by molar-refractivity contribution is 7.19. The molecule has 1 aromatic heterocycles. The maximum absolute atomic E-state index is 6.46. The molecule has 2 aromatic rings. The smallest absolute Gasteiger partial charge is 0.183 e. The Labute approximate surface area is 131 Å². The lowest BCUT2D eigenvalue weighted by atomic mass is 10.2. The van der Waals surface area contributed by atoms with Gasteiger partial charge in [-0.25, -0.2) is 0 Å². The van der Waals surface area contributed by atoms with Crippen LogP contribution in [-0.4, -0.2) is 26.3 Å². The Balaban J connectivity index is 2.60. The Hall–Kier alpha value is -0.720. The molecule has 0 fully saturated rings. The molecule has 6 N–H and O–H groups in total. The van der Waals surface area contributed by atoms with Crippen molar-refractivity contribution in [2.45, 2.75) is 6.92 Å². The van der Waals surface area contributed by atoms with Crippen molar-refractivity contribution in [2.24, 2.45) is 0 Å². The van der Waals surface area contributed by atoms with Gasteiger partial charge in [0.25, 0.3) is 0 Å². The quantitative estimate of drug-likeness (QED) is 0.843. The van der Waals surface area contributed by atoms with Gasteiger partial charge < -0.3 is 20.9 Å². The third-order valence-corrected chi connectivity index (χ3v) is 4.59. The van der Waals surface area contributed by atoms with Gasteiger partial charge in [0.1, 0.15) is 31.3 Å². The molecule has 4 nitrogen and oxygen atoms in total. The second-order valence-electron chi connectivity index (χ2n) is 4.29. The molecule has 0 atom stereocenters. The Bertz CT molecular complexity index is 565. The van der Waals surface area contributed by atoms with Gasteiger partial charge in [0.15, 0.2) is 11.5 Å². The van der Waals surface area contributed by atoms with Gasteiger partial charge in [-0.15, -0.1) is 11.3 Å². The molecular weight excluding hydrogens is 319 g/mol. The summed E-state index contributed by atoms with van der Waals surface area (Å²) in [7, 11) is 0. The number of ether oxygens (including phenoxy) is 2. The Morgan fingerprint density at radius 2 is 1.60 bits per heavy atom. The van der Waals surface area contributed by atoms with Gasteiger partial charge in [0.2, 0.25) is 0 Å². The zero-order chi connectivity index (χ0) is 14.7. The number of aryl methyl sites for hydroxylation is 1. The molecule has 1 heterocycles. The minimum absolute atomic E-state index is 0.464. The van der Waals surface area contributed by atoms with Crippen molar-refractivity contribution in [1.82, 2.24) is 0 Å². The molecule has 0 aliphatic heterocycles. The average molecular weight is 337 g/mol. The molecule has 2 rings (SSSR count). The predicted octanol–water partition coefficient (Wildman–Crippen LogP) is 1.76. The Morgan fingerprint density at radius 1 is 1.05 bits per heavy atom. The first kappa shape index (κ1) is 15.7. The van der Waals surface area contributed by atoms with E-state index in [9.17, 15) is 0 Å². The summed E-state index contributed by atoms with van der Waals surface area (Å²) >= 11 is 14.5. The van der Waals surface area contributed by atoms with Crippen LogP contribution in [0.1, 0.15) is 4.88 Å². The molecule has 20 heavy (non-hydrogen) atoms. The fraction of sp³-hybridized carbons (Fsp3) is 0.385. The van der Waals surface area contributed by atoms with Crippen LogP contribution in [0.5, 0.6) is 11.5 Å². The zero-order valence-corrected chi connectivity index (χ0v) is 13.6. The van der Waals surface area contributed by atoms with E-state index in [2.05, 4.69) is 11.5 Å². The highest BCUT2D eigenvalue weighted by Gasteiger charge is 2.22. The van der Waals surface area contributed by atoms with Crippen LogP contribution in [0.15, 0.2) is 6.07 Å². The molecule has 0 saturated carbocycles. The monoisotopic (exact) mass is 336 g/mol. The number of thiophene rings is 1. The van der Waals surface area contributed by atoms with Crippen molar-refractivity contribution in [3.8, 4) is 11.5 Å².